The van der Waals surface area contributed by atoms with Crippen molar-refractivity contribution in [2.24, 2.45) is 0 Å². The normalized spacial score (nSPS) is 26.9. The number of ether oxygens (including phenoxy) is 3. The highest BCUT2D eigenvalue weighted by Gasteiger charge is 2.25. The van der Waals surface area contributed by atoms with Gasteiger partial charge in [-0.1, -0.05) is 0 Å². The van der Waals surface area contributed by atoms with E-state index in [9.17, 15) is 0 Å². The average molecular weight is 289 g/mol. The monoisotopic (exact) mass is 289 g/mol. The Labute approximate surface area is 125 Å². The summed E-state index contributed by atoms with van der Waals surface area (Å²) in [6, 6.07) is 4.80. The van der Waals surface area contributed by atoms with Gasteiger partial charge >= 0.3 is 0 Å². The van der Waals surface area contributed by atoms with Gasteiger partial charge in [-0.15, -0.1) is 0 Å². The van der Waals surface area contributed by atoms with Crippen LogP contribution in [0.5, 0.6) is 11.5 Å². The highest BCUT2D eigenvalue weighted by Crippen LogP contribution is 2.39. The lowest BCUT2D eigenvalue weighted by Gasteiger charge is -2.27. The van der Waals surface area contributed by atoms with Gasteiger partial charge in [-0.25, -0.2) is 0 Å². The van der Waals surface area contributed by atoms with Crippen LogP contribution in [0.3, 0.4) is 0 Å². The Bertz CT molecular complexity index is 511. The number of hydrogen-bond donors (Lipinski definition) is 1. The van der Waals surface area contributed by atoms with Crippen LogP contribution in [0.4, 0.5) is 0 Å². The Morgan fingerprint density at radius 3 is 2.90 bits per heavy atom. The molecule has 2 unspecified atom stereocenters. The lowest BCUT2D eigenvalue weighted by molar-refractivity contribution is 0.101. The fraction of sp³-hybridized carbons (Fsp3) is 0.647. The zero-order valence-corrected chi connectivity index (χ0v) is 12.4. The maximum absolute atomic E-state index is 5.72. The predicted molar refractivity (Wildman–Crippen MR) is 79.8 cm³/mol. The van der Waals surface area contributed by atoms with E-state index in [1.54, 1.807) is 0 Å². The van der Waals surface area contributed by atoms with Crippen molar-refractivity contribution in [3.63, 3.8) is 0 Å². The van der Waals surface area contributed by atoms with E-state index in [2.05, 4.69) is 17.4 Å². The van der Waals surface area contributed by atoms with E-state index in [0.717, 1.165) is 31.1 Å². The molecule has 114 valence electrons. The van der Waals surface area contributed by atoms with Crippen LogP contribution in [-0.2, 0) is 11.2 Å². The Kier molecular flexibility index (Phi) is 3.74. The van der Waals surface area contributed by atoms with Crippen LogP contribution in [0.1, 0.15) is 49.3 Å². The zero-order valence-electron chi connectivity index (χ0n) is 12.4. The summed E-state index contributed by atoms with van der Waals surface area (Å²) in [5.74, 6) is 1.82. The van der Waals surface area contributed by atoms with Crippen molar-refractivity contribution >= 4 is 0 Å². The highest BCUT2D eigenvalue weighted by molar-refractivity contribution is 5.50. The molecule has 1 N–H and O–H groups in total. The van der Waals surface area contributed by atoms with Crippen molar-refractivity contribution in [3.8, 4) is 11.5 Å². The van der Waals surface area contributed by atoms with E-state index in [1.165, 1.54) is 43.2 Å². The molecule has 21 heavy (non-hydrogen) atoms. The van der Waals surface area contributed by atoms with Gasteiger partial charge in [-0.3, -0.25) is 0 Å². The van der Waals surface area contributed by atoms with Crippen molar-refractivity contribution < 1.29 is 14.2 Å². The van der Waals surface area contributed by atoms with E-state index < -0.39 is 0 Å². The van der Waals surface area contributed by atoms with E-state index in [0.29, 0.717) is 18.9 Å². The van der Waals surface area contributed by atoms with Gasteiger partial charge in [0.1, 0.15) is 0 Å². The van der Waals surface area contributed by atoms with E-state index in [-0.39, 0.29) is 0 Å². The molecule has 0 radical (unpaired) electrons. The van der Waals surface area contributed by atoms with Crippen LogP contribution in [0, 0.1) is 0 Å². The molecular weight excluding hydrogens is 266 g/mol. The van der Waals surface area contributed by atoms with Gasteiger partial charge in [0.25, 0.3) is 0 Å². The molecule has 0 amide bonds. The van der Waals surface area contributed by atoms with Crippen molar-refractivity contribution in [1.82, 2.24) is 5.32 Å². The summed E-state index contributed by atoms with van der Waals surface area (Å²) in [4.78, 5) is 0. The van der Waals surface area contributed by atoms with Crippen molar-refractivity contribution in [3.05, 3.63) is 23.3 Å². The van der Waals surface area contributed by atoms with Crippen LogP contribution in [0.25, 0.3) is 0 Å². The molecule has 3 heterocycles. The Hall–Kier alpha value is -1.26. The number of fused-ring (bicyclic) bond motifs is 2. The Balaban J connectivity index is 1.43. The zero-order chi connectivity index (χ0) is 14.1. The third-order valence-corrected chi connectivity index (χ3v) is 4.84. The molecule has 0 bridgehead atoms. The molecule has 2 atom stereocenters. The number of benzene rings is 1. The molecule has 4 rings (SSSR count). The molecule has 1 aromatic rings. The van der Waals surface area contributed by atoms with Crippen LogP contribution < -0.4 is 14.8 Å². The summed E-state index contributed by atoms with van der Waals surface area (Å²) >= 11 is 0. The average Bonchev–Trinajstić information content (AvgIpc) is 3.16. The minimum Gasteiger partial charge on any atom is -0.454 e. The standard InChI is InChI=1S/C17H23NO3/c1(3-13-4-2-8-19-13)5-15-14-10-17-16(20-11-21-17)9-12(14)6-7-18-15/h9-10,13,15,18H,1-8,11H2. The fourth-order valence-electron chi connectivity index (χ4n) is 3.71. The van der Waals surface area contributed by atoms with Crippen molar-refractivity contribution in [2.45, 2.75) is 50.7 Å². The second-order valence-corrected chi connectivity index (χ2v) is 6.23. The maximum atomic E-state index is 5.72. The van der Waals surface area contributed by atoms with Gasteiger partial charge in [0.15, 0.2) is 11.5 Å². The van der Waals surface area contributed by atoms with E-state index in [1.807, 2.05) is 0 Å². The second kappa shape index (κ2) is 5.85. The number of rotatable bonds is 4. The first-order valence-electron chi connectivity index (χ1n) is 8.17. The Morgan fingerprint density at radius 1 is 1.14 bits per heavy atom. The molecule has 1 aromatic carbocycles. The molecular formula is C17H23NO3. The molecule has 0 saturated carbocycles. The van der Waals surface area contributed by atoms with Gasteiger partial charge < -0.3 is 19.5 Å². The van der Waals surface area contributed by atoms with Gasteiger partial charge in [0.2, 0.25) is 6.79 Å². The van der Waals surface area contributed by atoms with Crippen LogP contribution >= 0.6 is 0 Å². The fourth-order valence-corrected chi connectivity index (χ4v) is 3.71. The van der Waals surface area contributed by atoms with Gasteiger partial charge in [-0.2, -0.15) is 0 Å². The minimum absolute atomic E-state index is 0.356. The van der Waals surface area contributed by atoms with E-state index in [4.69, 9.17) is 14.2 Å². The first-order chi connectivity index (χ1) is 10.4. The summed E-state index contributed by atoms with van der Waals surface area (Å²) in [7, 11) is 0. The first kappa shape index (κ1) is 13.4. The molecule has 4 heteroatoms. The lowest BCUT2D eigenvalue weighted by Crippen LogP contribution is -2.30. The van der Waals surface area contributed by atoms with Crippen LogP contribution in [0.15, 0.2) is 12.1 Å². The summed E-state index contributed by atoms with van der Waals surface area (Å²) < 4.78 is 16.7. The largest absolute Gasteiger partial charge is 0.454 e. The van der Waals surface area contributed by atoms with Crippen LogP contribution in [0.2, 0.25) is 0 Å². The third-order valence-electron chi connectivity index (χ3n) is 4.84. The van der Waals surface area contributed by atoms with Gasteiger partial charge in [0, 0.05) is 12.6 Å². The number of hydrogen-bond acceptors (Lipinski definition) is 4. The summed E-state index contributed by atoms with van der Waals surface area (Å²) in [6.07, 6.45) is 7.64. The molecule has 3 aliphatic rings. The molecule has 4 nitrogen and oxygen atoms in total. The van der Waals surface area contributed by atoms with Crippen molar-refractivity contribution in [1.29, 1.82) is 0 Å². The smallest absolute Gasteiger partial charge is 0.231 e. The third kappa shape index (κ3) is 2.74. The summed E-state index contributed by atoms with van der Waals surface area (Å²) in [5.41, 5.74) is 2.82. The molecule has 0 aliphatic carbocycles. The second-order valence-electron chi connectivity index (χ2n) is 6.23. The number of nitrogens with one attached hydrogen (secondary N) is 1. The Morgan fingerprint density at radius 2 is 2.05 bits per heavy atom. The maximum Gasteiger partial charge on any atom is 0.231 e. The SMILES string of the molecule is c1c2c(cc3c1OCO3)C(CCCC1CCCO1)NCC2. The predicted octanol–water partition coefficient (Wildman–Crippen LogP) is 2.95. The quantitative estimate of drug-likeness (QED) is 0.925. The molecule has 1 fully saturated rings. The molecule has 3 aliphatic heterocycles. The van der Waals surface area contributed by atoms with Gasteiger partial charge in [-0.05, 0) is 68.3 Å². The van der Waals surface area contributed by atoms with Crippen molar-refractivity contribution in [2.75, 3.05) is 19.9 Å². The molecule has 0 aromatic heterocycles. The first-order valence-corrected chi connectivity index (χ1v) is 8.17. The summed E-state index contributed by atoms with van der Waals surface area (Å²) in [6.45, 7) is 2.37. The van der Waals surface area contributed by atoms with Crippen LogP contribution in [-0.4, -0.2) is 26.0 Å². The lowest BCUT2D eigenvalue weighted by atomic mass is 9.90. The summed E-state index contributed by atoms with van der Waals surface area (Å²) in [5, 5.41) is 3.65. The minimum atomic E-state index is 0.356. The molecule has 0 spiro atoms. The molecule has 1 saturated heterocycles. The highest BCUT2D eigenvalue weighted by atomic mass is 16.7. The topological polar surface area (TPSA) is 39.7 Å². The van der Waals surface area contributed by atoms with Gasteiger partial charge in [0.05, 0.1) is 6.10 Å². The van der Waals surface area contributed by atoms with E-state index >= 15 is 0 Å².